The second kappa shape index (κ2) is 5.62. The van der Waals surface area contributed by atoms with Crippen LogP contribution in [0.4, 0.5) is 0 Å². The van der Waals surface area contributed by atoms with Gasteiger partial charge in [0, 0.05) is 6.20 Å². The van der Waals surface area contributed by atoms with Crippen LogP contribution in [-0.2, 0) is 0 Å². The van der Waals surface area contributed by atoms with Gasteiger partial charge in [0.1, 0.15) is 10.4 Å². The molecular weight excluding hydrogens is 296 g/mol. The monoisotopic (exact) mass is 312 g/mol. The lowest BCUT2D eigenvalue weighted by molar-refractivity contribution is 0.462. The van der Waals surface area contributed by atoms with Gasteiger partial charge in [-0.3, -0.25) is 9.78 Å². The fraction of sp³-hybridized carbons (Fsp3) is 0.312. The molecule has 0 saturated carbocycles. The number of nitrogens with zero attached hydrogens (tertiary/aromatic N) is 2. The highest BCUT2D eigenvalue weighted by molar-refractivity contribution is 7.17. The standard InChI is InChI=1S/C16H16N4OS/c21-16-14-13(11(9-22-14)10-4-7-17-8-5-10)19-15(20-16)12-3-1-2-6-18-12/h1-3,6,9-10,17H,4-5,7-8H2,(H,19,20,21). The van der Waals surface area contributed by atoms with E-state index in [0.29, 0.717) is 22.1 Å². The Morgan fingerprint density at radius 1 is 1.23 bits per heavy atom. The van der Waals surface area contributed by atoms with Gasteiger partial charge >= 0.3 is 0 Å². The number of aromatic amines is 1. The highest BCUT2D eigenvalue weighted by Gasteiger charge is 2.21. The Morgan fingerprint density at radius 2 is 2.09 bits per heavy atom. The summed E-state index contributed by atoms with van der Waals surface area (Å²) in [5.41, 5.74) is 2.69. The van der Waals surface area contributed by atoms with Crippen molar-refractivity contribution in [3.63, 3.8) is 0 Å². The molecule has 0 spiro atoms. The molecule has 3 aromatic heterocycles. The molecule has 1 saturated heterocycles. The van der Waals surface area contributed by atoms with Gasteiger partial charge < -0.3 is 10.3 Å². The van der Waals surface area contributed by atoms with Crippen LogP contribution < -0.4 is 10.9 Å². The number of hydrogen-bond acceptors (Lipinski definition) is 5. The van der Waals surface area contributed by atoms with Gasteiger partial charge in [0.15, 0.2) is 5.82 Å². The molecular formula is C16H16N4OS. The van der Waals surface area contributed by atoms with E-state index < -0.39 is 0 Å². The lowest BCUT2D eigenvalue weighted by Crippen LogP contribution is -2.26. The van der Waals surface area contributed by atoms with Gasteiger partial charge in [-0.05, 0) is 54.9 Å². The molecule has 1 fully saturated rings. The Morgan fingerprint density at radius 3 is 2.86 bits per heavy atom. The van der Waals surface area contributed by atoms with E-state index in [2.05, 4.69) is 20.7 Å². The van der Waals surface area contributed by atoms with E-state index in [9.17, 15) is 4.79 Å². The second-order valence-electron chi connectivity index (χ2n) is 5.52. The minimum atomic E-state index is -0.0733. The lowest BCUT2D eigenvalue weighted by atomic mass is 9.91. The Balaban J connectivity index is 1.86. The van der Waals surface area contributed by atoms with E-state index in [4.69, 9.17) is 4.98 Å². The van der Waals surface area contributed by atoms with E-state index >= 15 is 0 Å². The maximum atomic E-state index is 12.3. The zero-order chi connectivity index (χ0) is 14.9. The van der Waals surface area contributed by atoms with Crippen molar-refractivity contribution in [2.75, 3.05) is 13.1 Å². The fourth-order valence-electron chi connectivity index (χ4n) is 2.99. The summed E-state index contributed by atoms with van der Waals surface area (Å²) in [6.07, 6.45) is 3.90. The van der Waals surface area contributed by atoms with Crippen LogP contribution >= 0.6 is 11.3 Å². The number of nitrogens with one attached hydrogen (secondary N) is 2. The van der Waals surface area contributed by atoms with Crippen molar-refractivity contribution in [2.24, 2.45) is 0 Å². The van der Waals surface area contributed by atoms with Crippen molar-refractivity contribution >= 4 is 21.6 Å². The van der Waals surface area contributed by atoms with Crippen molar-refractivity contribution in [2.45, 2.75) is 18.8 Å². The number of aromatic nitrogens is 3. The zero-order valence-electron chi connectivity index (χ0n) is 12.0. The Hall–Kier alpha value is -2.05. The minimum absolute atomic E-state index is 0.0733. The summed E-state index contributed by atoms with van der Waals surface area (Å²) in [5.74, 6) is 1.03. The summed E-state index contributed by atoms with van der Waals surface area (Å²) in [4.78, 5) is 24.2. The smallest absolute Gasteiger partial charge is 0.269 e. The van der Waals surface area contributed by atoms with Crippen LogP contribution in [0, 0.1) is 0 Å². The molecule has 1 aliphatic rings. The first-order valence-electron chi connectivity index (χ1n) is 7.46. The molecule has 0 bridgehead atoms. The molecule has 6 heteroatoms. The van der Waals surface area contributed by atoms with E-state index in [0.717, 1.165) is 31.4 Å². The van der Waals surface area contributed by atoms with Gasteiger partial charge in [0.2, 0.25) is 0 Å². The van der Waals surface area contributed by atoms with Crippen LogP contribution in [0.3, 0.4) is 0 Å². The van der Waals surface area contributed by atoms with Crippen molar-refractivity contribution in [3.05, 3.63) is 45.7 Å². The Kier molecular flexibility index (Phi) is 3.48. The molecule has 0 radical (unpaired) electrons. The third-order valence-corrected chi connectivity index (χ3v) is 5.13. The number of fused-ring (bicyclic) bond motifs is 1. The van der Waals surface area contributed by atoms with Crippen LogP contribution in [0.1, 0.15) is 24.3 Å². The first-order chi connectivity index (χ1) is 10.8. The third-order valence-electron chi connectivity index (χ3n) is 4.14. The molecule has 0 aliphatic carbocycles. The summed E-state index contributed by atoms with van der Waals surface area (Å²) < 4.78 is 0.716. The Labute approximate surface area is 131 Å². The molecule has 0 amide bonds. The predicted molar refractivity (Wildman–Crippen MR) is 88.3 cm³/mol. The highest BCUT2D eigenvalue weighted by Crippen LogP contribution is 2.33. The van der Waals surface area contributed by atoms with E-state index in [-0.39, 0.29) is 5.56 Å². The van der Waals surface area contributed by atoms with Crippen molar-refractivity contribution in [3.8, 4) is 11.5 Å². The molecule has 4 rings (SSSR count). The number of piperidine rings is 1. The largest absolute Gasteiger partial charge is 0.317 e. The van der Waals surface area contributed by atoms with E-state index in [1.807, 2.05) is 18.2 Å². The number of hydrogen-bond donors (Lipinski definition) is 2. The van der Waals surface area contributed by atoms with Crippen molar-refractivity contribution < 1.29 is 0 Å². The van der Waals surface area contributed by atoms with Crippen LogP contribution in [-0.4, -0.2) is 28.0 Å². The summed E-state index contributed by atoms with van der Waals surface area (Å²) in [7, 11) is 0. The molecule has 5 nitrogen and oxygen atoms in total. The van der Waals surface area contributed by atoms with Gasteiger partial charge in [0.25, 0.3) is 5.56 Å². The zero-order valence-corrected chi connectivity index (χ0v) is 12.8. The van der Waals surface area contributed by atoms with E-state index in [1.54, 1.807) is 6.20 Å². The van der Waals surface area contributed by atoms with Crippen LogP contribution in [0.2, 0.25) is 0 Å². The lowest BCUT2D eigenvalue weighted by Gasteiger charge is -2.22. The SMILES string of the molecule is O=c1[nH]c(-c2ccccn2)nc2c(C3CCNCC3)csc12. The van der Waals surface area contributed by atoms with Crippen molar-refractivity contribution in [1.82, 2.24) is 20.3 Å². The highest BCUT2D eigenvalue weighted by atomic mass is 32.1. The first-order valence-corrected chi connectivity index (χ1v) is 8.34. The molecule has 22 heavy (non-hydrogen) atoms. The van der Waals surface area contributed by atoms with Crippen molar-refractivity contribution in [1.29, 1.82) is 0 Å². The number of thiophene rings is 1. The maximum Gasteiger partial charge on any atom is 0.269 e. The molecule has 1 aliphatic heterocycles. The normalized spacial score (nSPS) is 16.2. The summed E-state index contributed by atoms with van der Waals surface area (Å²) in [6.45, 7) is 2.05. The van der Waals surface area contributed by atoms with Gasteiger partial charge in [0.05, 0.1) is 5.52 Å². The van der Waals surface area contributed by atoms with Crippen LogP contribution in [0.15, 0.2) is 34.6 Å². The van der Waals surface area contributed by atoms with Gasteiger partial charge in [-0.2, -0.15) is 0 Å². The van der Waals surface area contributed by atoms with Gasteiger partial charge in [-0.25, -0.2) is 4.98 Å². The topological polar surface area (TPSA) is 70.7 Å². The number of rotatable bonds is 2. The first kappa shape index (κ1) is 13.6. The average molecular weight is 312 g/mol. The maximum absolute atomic E-state index is 12.3. The van der Waals surface area contributed by atoms with Gasteiger partial charge in [-0.15, -0.1) is 11.3 Å². The number of pyridine rings is 1. The molecule has 0 atom stereocenters. The summed E-state index contributed by atoms with van der Waals surface area (Å²) >= 11 is 1.49. The Bertz CT molecular complexity index is 849. The molecule has 4 heterocycles. The van der Waals surface area contributed by atoms with Crippen LogP contribution in [0.25, 0.3) is 21.7 Å². The number of H-pyrrole nitrogens is 1. The summed E-state index contributed by atoms with van der Waals surface area (Å²) in [6, 6.07) is 5.61. The third kappa shape index (κ3) is 2.34. The van der Waals surface area contributed by atoms with Gasteiger partial charge in [-0.1, -0.05) is 6.07 Å². The minimum Gasteiger partial charge on any atom is -0.317 e. The summed E-state index contributed by atoms with van der Waals surface area (Å²) in [5, 5.41) is 5.48. The molecule has 112 valence electrons. The average Bonchev–Trinajstić information content (AvgIpc) is 3.01. The quantitative estimate of drug-likeness (QED) is 0.763. The van der Waals surface area contributed by atoms with E-state index in [1.165, 1.54) is 16.9 Å². The molecule has 3 aromatic rings. The molecule has 0 unspecified atom stereocenters. The molecule has 0 aromatic carbocycles. The predicted octanol–water partition coefficient (Wildman–Crippen LogP) is 2.51. The van der Waals surface area contributed by atoms with Crippen LogP contribution in [0.5, 0.6) is 0 Å². The molecule has 2 N–H and O–H groups in total. The second-order valence-corrected chi connectivity index (χ2v) is 6.40. The fourth-order valence-corrected chi connectivity index (χ4v) is 3.97.